The molecule has 1 atom stereocenters. The zero-order valence-electron chi connectivity index (χ0n) is 10.6. The summed E-state index contributed by atoms with van der Waals surface area (Å²) in [7, 11) is 0. The number of furan rings is 1. The summed E-state index contributed by atoms with van der Waals surface area (Å²) in [5.41, 5.74) is 2.52. The maximum atomic E-state index is 12.1. The summed E-state index contributed by atoms with van der Waals surface area (Å²) in [5.74, 6) is 0.787. The number of rotatable bonds is 3. The van der Waals surface area contributed by atoms with Crippen LogP contribution in [0.3, 0.4) is 0 Å². The Balaban J connectivity index is 1.60. The standard InChI is InChI=1S/C15H16N2O2/c18-15(17-10-13-6-3-7-19-13)14-8-11-4-1-2-5-12(11)9-16-14/h1-7,14,16H,8-10H2,(H,17,18). The molecule has 1 aliphatic rings. The molecule has 1 amide bonds. The maximum absolute atomic E-state index is 12.1. The molecule has 2 heterocycles. The van der Waals surface area contributed by atoms with Gasteiger partial charge in [0.05, 0.1) is 18.8 Å². The minimum Gasteiger partial charge on any atom is -0.467 e. The van der Waals surface area contributed by atoms with Gasteiger partial charge in [0.25, 0.3) is 0 Å². The highest BCUT2D eigenvalue weighted by Gasteiger charge is 2.23. The first-order valence-electron chi connectivity index (χ1n) is 6.43. The van der Waals surface area contributed by atoms with Gasteiger partial charge in [-0.15, -0.1) is 0 Å². The van der Waals surface area contributed by atoms with Gasteiger partial charge in [-0.2, -0.15) is 0 Å². The summed E-state index contributed by atoms with van der Waals surface area (Å²) in [6, 6.07) is 11.7. The lowest BCUT2D eigenvalue weighted by Gasteiger charge is -2.25. The van der Waals surface area contributed by atoms with Gasteiger partial charge in [0.2, 0.25) is 5.91 Å². The van der Waals surface area contributed by atoms with Crippen molar-refractivity contribution in [1.29, 1.82) is 0 Å². The summed E-state index contributed by atoms with van der Waals surface area (Å²) >= 11 is 0. The summed E-state index contributed by atoms with van der Waals surface area (Å²) in [6.45, 7) is 1.18. The number of benzene rings is 1. The smallest absolute Gasteiger partial charge is 0.237 e. The molecule has 0 bridgehead atoms. The lowest BCUT2D eigenvalue weighted by Crippen LogP contribution is -2.47. The van der Waals surface area contributed by atoms with Crippen molar-refractivity contribution >= 4 is 5.91 Å². The quantitative estimate of drug-likeness (QED) is 0.877. The molecule has 98 valence electrons. The molecule has 0 saturated carbocycles. The highest BCUT2D eigenvalue weighted by atomic mass is 16.3. The van der Waals surface area contributed by atoms with E-state index in [9.17, 15) is 4.79 Å². The van der Waals surface area contributed by atoms with E-state index < -0.39 is 0 Å². The number of carbonyl (C=O) groups excluding carboxylic acids is 1. The van der Waals surface area contributed by atoms with Crippen molar-refractivity contribution in [3.05, 3.63) is 59.5 Å². The molecule has 0 fully saturated rings. The van der Waals surface area contributed by atoms with Gasteiger partial charge < -0.3 is 15.1 Å². The molecule has 4 nitrogen and oxygen atoms in total. The van der Waals surface area contributed by atoms with E-state index in [1.165, 1.54) is 11.1 Å². The van der Waals surface area contributed by atoms with Gasteiger partial charge in [-0.1, -0.05) is 24.3 Å². The third kappa shape index (κ3) is 2.69. The van der Waals surface area contributed by atoms with E-state index >= 15 is 0 Å². The lowest BCUT2D eigenvalue weighted by atomic mass is 9.95. The van der Waals surface area contributed by atoms with Crippen molar-refractivity contribution < 1.29 is 9.21 Å². The summed E-state index contributed by atoms with van der Waals surface area (Å²) in [5, 5.41) is 6.15. The van der Waals surface area contributed by atoms with Crippen LogP contribution >= 0.6 is 0 Å². The Bertz CT molecular complexity index is 563. The molecule has 1 unspecified atom stereocenters. The SMILES string of the molecule is O=C(NCc1ccco1)C1Cc2ccccc2CN1. The van der Waals surface area contributed by atoms with Crippen LogP contribution < -0.4 is 10.6 Å². The number of carbonyl (C=O) groups is 1. The third-order valence-corrected chi connectivity index (χ3v) is 3.41. The normalized spacial score (nSPS) is 17.8. The number of hydrogen-bond acceptors (Lipinski definition) is 3. The highest BCUT2D eigenvalue weighted by Crippen LogP contribution is 2.16. The average molecular weight is 256 g/mol. The predicted octanol–water partition coefficient (Wildman–Crippen LogP) is 1.61. The predicted molar refractivity (Wildman–Crippen MR) is 71.3 cm³/mol. The molecule has 4 heteroatoms. The minimum absolute atomic E-state index is 0.0194. The largest absolute Gasteiger partial charge is 0.467 e. The van der Waals surface area contributed by atoms with E-state index in [-0.39, 0.29) is 11.9 Å². The fourth-order valence-electron chi connectivity index (χ4n) is 2.35. The molecule has 1 aromatic carbocycles. The van der Waals surface area contributed by atoms with E-state index in [2.05, 4.69) is 22.8 Å². The van der Waals surface area contributed by atoms with Crippen molar-refractivity contribution in [2.24, 2.45) is 0 Å². The molecule has 1 aromatic heterocycles. The van der Waals surface area contributed by atoms with Crippen molar-refractivity contribution in [1.82, 2.24) is 10.6 Å². The second-order valence-electron chi connectivity index (χ2n) is 4.70. The van der Waals surface area contributed by atoms with Crippen LogP contribution in [0.5, 0.6) is 0 Å². The summed E-state index contributed by atoms with van der Waals surface area (Å²) < 4.78 is 5.19. The maximum Gasteiger partial charge on any atom is 0.237 e. The molecule has 19 heavy (non-hydrogen) atoms. The highest BCUT2D eigenvalue weighted by molar-refractivity contribution is 5.82. The Labute approximate surface area is 111 Å². The first-order chi connectivity index (χ1) is 9.33. The number of hydrogen-bond donors (Lipinski definition) is 2. The van der Waals surface area contributed by atoms with Crippen molar-refractivity contribution in [2.75, 3.05) is 0 Å². The first-order valence-corrected chi connectivity index (χ1v) is 6.43. The molecule has 2 aromatic rings. The van der Waals surface area contributed by atoms with Gasteiger partial charge in [0.15, 0.2) is 0 Å². The first kappa shape index (κ1) is 12.0. The van der Waals surface area contributed by atoms with Crippen LogP contribution in [0.15, 0.2) is 47.1 Å². The van der Waals surface area contributed by atoms with Gasteiger partial charge >= 0.3 is 0 Å². The summed E-state index contributed by atoms with van der Waals surface area (Å²) in [4.78, 5) is 12.1. The molecule has 0 saturated heterocycles. The Kier molecular flexibility index (Phi) is 3.33. The van der Waals surface area contributed by atoms with E-state index in [0.29, 0.717) is 6.54 Å². The zero-order chi connectivity index (χ0) is 13.1. The topological polar surface area (TPSA) is 54.3 Å². The van der Waals surface area contributed by atoms with Crippen LogP contribution in [0, 0.1) is 0 Å². The van der Waals surface area contributed by atoms with Crippen LogP contribution in [-0.2, 0) is 24.3 Å². The van der Waals surface area contributed by atoms with Gasteiger partial charge in [-0.3, -0.25) is 4.79 Å². The summed E-state index contributed by atoms with van der Waals surface area (Å²) in [6.07, 6.45) is 2.34. The van der Waals surface area contributed by atoms with Crippen LogP contribution in [0.4, 0.5) is 0 Å². The van der Waals surface area contributed by atoms with E-state index in [1.54, 1.807) is 6.26 Å². The van der Waals surface area contributed by atoms with Crippen LogP contribution in [-0.4, -0.2) is 11.9 Å². The fraction of sp³-hybridized carbons (Fsp3) is 0.267. The van der Waals surface area contributed by atoms with Crippen LogP contribution in [0.1, 0.15) is 16.9 Å². The zero-order valence-corrected chi connectivity index (χ0v) is 10.6. The molecular formula is C15H16N2O2. The van der Waals surface area contributed by atoms with Crippen LogP contribution in [0.25, 0.3) is 0 Å². The van der Waals surface area contributed by atoms with E-state index in [1.807, 2.05) is 24.3 Å². The Morgan fingerprint density at radius 2 is 2.11 bits per heavy atom. The molecule has 0 spiro atoms. The number of amides is 1. The Morgan fingerprint density at radius 1 is 1.26 bits per heavy atom. The van der Waals surface area contributed by atoms with Crippen molar-refractivity contribution in [3.63, 3.8) is 0 Å². The molecule has 0 radical (unpaired) electrons. The number of nitrogens with one attached hydrogen (secondary N) is 2. The Hall–Kier alpha value is -2.07. The minimum atomic E-state index is -0.162. The van der Waals surface area contributed by atoms with Gasteiger partial charge in [-0.25, -0.2) is 0 Å². The third-order valence-electron chi connectivity index (χ3n) is 3.41. The molecule has 0 aliphatic carbocycles. The lowest BCUT2D eigenvalue weighted by molar-refractivity contribution is -0.123. The van der Waals surface area contributed by atoms with E-state index in [4.69, 9.17) is 4.42 Å². The second kappa shape index (κ2) is 5.28. The van der Waals surface area contributed by atoms with Crippen LogP contribution in [0.2, 0.25) is 0 Å². The Morgan fingerprint density at radius 3 is 2.89 bits per heavy atom. The monoisotopic (exact) mass is 256 g/mol. The fourth-order valence-corrected chi connectivity index (χ4v) is 2.35. The van der Waals surface area contributed by atoms with E-state index in [0.717, 1.165) is 18.7 Å². The molecule has 1 aliphatic heterocycles. The molecule has 3 rings (SSSR count). The average Bonchev–Trinajstić information content (AvgIpc) is 2.97. The van der Waals surface area contributed by atoms with Crippen molar-refractivity contribution in [3.8, 4) is 0 Å². The molecule has 2 N–H and O–H groups in total. The second-order valence-corrected chi connectivity index (χ2v) is 4.70. The van der Waals surface area contributed by atoms with Gasteiger partial charge in [0, 0.05) is 6.54 Å². The van der Waals surface area contributed by atoms with Crippen molar-refractivity contribution in [2.45, 2.75) is 25.6 Å². The van der Waals surface area contributed by atoms with Gasteiger partial charge in [0.1, 0.15) is 5.76 Å². The van der Waals surface area contributed by atoms with Gasteiger partial charge in [-0.05, 0) is 29.7 Å². The number of fused-ring (bicyclic) bond motifs is 1. The molecular weight excluding hydrogens is 240 g/mol.